The Labute approximate surface area is 198 Å². The van der Waals surface area contributed by atoms with Crippen molar-refractivity contribution in [3.63, 3.8) is 0 Å². The van der Waals surface area contributed by atoms with Crippen LogP contribution in [-0.4, -0.2) is 72.9 Å². The highest BCUT2D eigenvalue weighted by Gasteiger charge is 2.23. The molecule has 0 aromatic heterocycles. The van der Waals surface area contributed by atoms with Gasteiger partial charge in [-0.1, -0.05) is 18.2 Å². The summed E-state index contributed by atoms with van der Waals surface area (Å²) in [5.41, 5.74) is 8.60. The number of hydrogen-bond donors (Lipinski definition) is 3. The highest BCUT2D eigenvalue weighted by molar-refractivity contribution is 5.94. The minimum Gasteiger partial charge on any atom is -0.452 e. The number of carbonyl (C=O) groups is 4. The number of piperazine rings is 1. The van der Waals surface area contributed by atoms with E-state index in [1.165, 1.54) is 24.3 Å². The largest absolute Gasteiger partial charge is 0.452 e. The Morgan fingerprint density at radius 3 is 2.12 bits per heavy atom. The third-order valence-corrected chi connectivity index (χ3v) is 5.55. The summed E-state index contributed by atoms with van der Waals surface area (Å²) in [7, 11) is 0. The molecule has 34 heavy (non-hydrogen) atoms. The van der Waals surface area contributed by atoms with Crippen LogP contribution >= 0.6 is 0 Å². The Hall–Kier alpha value is -3.92. The molecule has 2 aromatic rings. The van der Waals surface area contributed by atoms with Gasteiger partial charge >= 0.3 is 12.0 Å². The van der Waals surface area contributed by atoms with Crippen LogP contribution in [0.2, 0.25) is 0 Å². The summed E-state index contributed by atoms with van der Waals surface area (Å²) in [6, 6.07) is 11.1. The van der Waals surface area contributed by atoms with Gasteiger partial charge in [0.15, 0.2) is 6.61 Å². The van der Waals surface area contributed by atoms with Crippen molar-refractivity contribution in [2.45, 2.75) is 13.8 Å². The predicted molar refractivity (Wildman–Crippen MR) is 127 cm³/mol. The monoisotopic (exact) mass is 467 g/mol. The summed E-state index contributed by atoms with van der Waals surface area (Å²) in [4.78, 5) is 51.5. The van der Waals surface area contributed by atoms with Gasteiger partial charge in [-0.15, -0.1) is 0 Å². The summed E-state index contributed by atoms with van der Waals surface area (Å²) in [6.45, 7) is 5.77. The minimum absolute atomic E-state index is 0.0943. The van der Waals surface area contributed by atoms with E-state index in [0.717, 1.165) is 16.8 Å². The molecule has 0 spiro atoms. The van der Waals surface area contributed by atoms with Crippen LogP contribution in [0.3, 0.4) is 0 Å². The Kier molecular flexibility index (Phi) is 8.20. The van der Waals surface area contributed by atoms with E-state index in [9.17, 15) is 19.2 Å². The summed E-state index contributed by atoms with van der Waals surface area (Å²) in [5.74, 6) is -1.02. The molecule has 0 bridgehead atoms. The second kappa shape index (κ2) is 11.3. The number of aryl methyl sites for hydroxylation is 2. The molecule has 1 aliphatic heterocycles. The molecule has 0 aliphatic carbocycles. The Morgan fingerprint density at radius 1 is 0.912 bits per heavy atom. The lowest BCUT2D eigenvalue weighted by atomic mass is 10.1. The number of nitrogens with one attached hydrogen (secondary N) is 2. The molecule has 1 saturated heterocycles. The zero-order valence-electron chi connectivity index (χ0n) is 19.3. The molecule has 0 saturated carbocycles. The number of benzene rings is 2. The Morgan fingerprint density at radius 2 is 1.53 bits per heavy atom. The molecule has 4 N–H and O–H groups in total. The SMILES string of the molecule is Cc1cccc(C)c1NC(=O)CN1CCN(C(=O)COC(=O)c2ccc(NC(N)=O)cc2)CC1. The summed E-state index contributed by atoms with van der Waals surface area (Å²) in [5, 5.41) is 5.37. The number of hydrogen-bond acceptors (Lipinski definition) is 6. The number of urea groups is 1. The van der Waals surface area contributed by atoms with Crippen LogP contribution < -0.4 is 16.4 Å². The molecule has 0 radical (unpaired) electrons. The van der Waals surface area contributed by atoms with Crippen LogP contribution in [0.4, 0.5) is 16.2 Å². The molecular weight excluding hydrogens is 438 g/mol. The normalized spacial score (nSPS) is 13.8. The molecule has 1 fully saturated rings. The van der Waals surface area contributed by atoms with E-state index >= 15 is 0 Å². The number of rotatable bonds is 7. The van der Waals surface area contributed by atoms with E-state index in [0.29, 0.717) is 31.9 Å². The Balaban J connectivity index is 1.40. The molecule has 1 heterocycles. The molecule has 10 heteroatoms. The lowest BCUT2D eigenvalue weighted by Crippen LogP contribution is -2.51. The number of amides is 4. The summed E-state index contributed by atoms with van der Waals surface area (Å²) < 4.78 is 5.12. The second-order valence-electron chi connectivity index (χ2n) is 8.11. The third kappa shape index (κ3) is 6.79. The summed E-state index contributed by atoms with van der Waals surface area (Å²) in [6.07, 6.45) is 0. The lowest BCUT2D eigenvalue weighted by molar-refractivity contribution is -0.136. The number of para-hydroxylation sites is 1. The van der Waals surface area contributed by atoms with Crippen LogP contribution in [-0.2, 0) is 14.3 Å². The van der Waals surface area contributed by atoms with Gasteiger partial charge in [-0.05, 0) is 49.2 Å². The van der Waals surface area contributed by atoms with Gasteiger partial charge in [-0.3, -0.25) is 14.5 Å². The number of nitrogens with zero attached hydrogens (tertiary/aromatic N) is 2. The van der Waals surface area contributed by atoms with Crippen molar-refractivity contribution >= 4 is 35.2 Å². The number of carbonyl (C=O) groups excluding carboxylic acids is 4. The molecular formula is C24H29N5O5. The van der Waals surface area contributed by atoms with Gasteiger partial charge in [0.05, 0.1) is 12.1 Å². The van der Waals surface area contributed by atoms with Gasteiger partial charge in [-0.2, -0.15) is 0 Å². The van der Waals surface area contributed by atoms with E-state index in [4.69, 9.17) is 10.5 Å². The fourth-order valence-corrected chi connectivity index (χ4v) is 3.68. The van der Waals surface area contributed by atoms with E-state index in [2.05, 4.69) is 10.6 Å². The Bertz CT molecular complexity index is 1040. The molecule has 0 unspecified atom stereocenters. The quantitative estimate of drug-likeness (QED) is 0.531. The number of ether oxygens (including phenoxy) is 1. The third-order valence-electron chi connectivity index (χ3n) is 5.55. The van der Waals surface area contributed by atoms with Crippen molar-refractivity contribution < 1.29 is 23.9 Å². The van der Waals surface area contributed by atoms with Crippen LogP contribution in [0.15, 0.2) is 42.5 Å². The van der Waals surface area contributed by atoms with Crippen molar-refractivity contribution in [1.82, 2.24) is 9.80 Å². The lowest BCUT2D eigenvalue weighted by Gasteiger charge is -2.34. The average molecular weight is 468 g/mol. The van der Waals surface area contributed by atoms with Gasteiger partial charge in [0.1, 0.15) is 0 Å². The van der Waals surface area contributed by atoms with E-state index in [-0.39, 0.29) is 30.5 Å². The molecule has 180 valence electrons. The van der Waals surface area contributed by atoms with Crippen LogP contribution in [0.1, 0.15) is 21.5 Å². The topological polar surface area (TPSA) is 134 Å². The molecule has 2 aromatic carbocycles. The van der Waals surface area contributed by atoms with Gasteiger partial charge in [0.2, 0.25) is 5.91 Å². The zero-order chi connectivity index (χ0) is 24.7. The fourth-order valence-electron chi connectivity index (χ4n) is 3.68. The number of primary amides is 1. The van der Waals surface area contributed by atoms with Crippen molar-refractivity contribution in [1.29, 1.82) is 0 Å². The molecule has 1 aliphatic rings. The number of nitrogens with two attached hydrogens (primary N) is 1. The highest BCUT2D eigenvalue weighted by Crippen LogP contribution is 2.19. The second-order valence-corrected chi connectivity index (χ2v) is 8.11. The van der Waals surface area contributed by atoms with Gasteiger partial charge in [-0.25, -0.2) is 9.59 Å². The van der Waals surface area contributed by atoms with Crippen LogP contribution in [0.25, 0.3) is 0 Å². The summed E-state index contributed by atoms with van der Waals surface area (Å²) >= 11 is 0. The standard InChI is InChI=1S/C24H29N5O5/c1-16-4-3-5-17(2)22(16)27-20(30)14-28-10-12-29(13-11-28)21(31)15-34-23(32)18-6-8-19(9-7-18)26-24(25)33/h3-9H,10-15H2,1-2H3,(H,27,30)(H3,25,26,33). The van der Waals surface area contributed by atoms with E-state index in [1.54, 1.807) is 4.90 Å². The van der Waals surface area contributed by atoms with Crippen molar-refractivity contribution in [3.8, 4) is 0 Å². The van der Waals surface area contributed by atoms with Gasteiger partial charge in [0, 0.05) is 37.6 Å². The first kappa shape index (κ1) is 24.7. The molecule has 10 nitrogen and oxygen atoms in total. The number of anilines is 2. The van der Waals surface area contributed by atoms with E-state index < -0.39 is 12.0 Å². The number of esters is 1. The van der Waals surface area contributed by atoms with Crippen LogP contribution in [0.5, 0.6) is 0 Å². The van der Waals surface area contributed by atoms with E-state index in [1.807, 2.05) is 36.9 Å². The van der Waals surface area contributed by atoms with Gasteiger partial charge < -0.3 is 26.0 Å². The first-order chi connectivity index (χ1) is 16.2. The maximum atomic E-state index is 12.5. The highest BCUT2D eigenvalue weighted by atomic mass is 16.5. The van der Waals surface area contributed by atoms with Crippen LogP contribution in [0, 0.1) is 13.8 Å². The minimum atomic E-state index is -0.706. The first-order valence-corrected chi connectivity index (χ1v) is 10.9. The first-order valence-electron chi connectivity index (χ1n) is 10.9. The molecule has 3 rings (SSSR count). The average Bonchev–Trinajstić information content (AvgIpc) is 2.80. The van der Waals surface area contributed by atoms with Crippen molar-refractivity contribution in [3.05, 3.63) is 59.2 Å². The van der Waals surface area contributed by atoms with Crippen molar-refractivity contribution in [2.75, 3.05) is 50.0 Å². The molecule has 0 atom stereocenters. The smallest absolute Gasteiger partial charge is 0.338 e. The van der Waals surface area contributed by atoms with Gasteiger partial charge in [0.25, 0.3) is 5.91 Å². The fraction of sp³-hybridized carbons (Fsp3) is 0.333. The van der Waals surface area contributed by atoms with Crippen molar-refractivity contribution in [2.24, 2.45) is 5.73 Å². The zero-order valence-corrected chi connectivity index (χ0v) is 19.3. The maximum Gasteiger partial charge on any atom is 0.338 e. The maximum absolute atomic E-state index is 12.5. The predicted octanol–water partition coefficient (Wildman–Crippen LogP) is 1.73. The molecule has 4 amide bonds.